The molecule has 0 aromatic heterocycles. The summed E-state index contributed by atoms with van der Waals surface area (Å²) in [4.78, 5) is 22.8. The molecule has 0 aliphatic rings. The Morgan fingerprint density at radius 3 is 2.42 bits per heavy atom. The Kier molecular flexibility index (Phi) is 6.56. The molecule has 0 radical (unpaired) electrons. The molecule has 1 aromatic rings. The molecule has 5 nitrogen and oxygen atoms in total. The van der Waals surface area contributed by atoms with Gasteiger partial charge in [-0.25, -0.2) is 4.79 Å². The molecule has 8 heteroatoms. The molecule has 104 valence electrons. The highest BCUT2D eigenvalue weighted by atomic mass is 127. The van der Waals surface area contributed by atoms with Crippen LogP contribution in [0.15, 0.2) is 6.07 Å². The molecule has 0 aliphatic heterocycles. The molecule has 19 heavy (non-hydrogen) atoms. The molecule has 0 saturated carbocycles. The van der Waals surface area contributed by atoms with E-state index in [-0.39, 0.29) is 6.42 Å². The van der Waals surface area contributed by atoms with E-state index in [1.807, 2.05) is 45.2 Å². The van der Waals surface area contributed by atoms with Crippen molar-refractivity contribution >= 4 is 85.4 Å². The van der Waals surface area contributed by atoms with Crippen molar-refractivity contribution in [3.05, 3.63) is 22.3 Å². The van der Waals surface area contributed by atoms with E-state index in [2.05, 4.69) is 22.6 Å². The molecule has 2 N–H and O–H groups in total. The van der Waals surface area contributed by atoms with E-state index in [1.54, 1.807) is 13.0 Å². The third-order valence-electron chi connectivity index (χ3n) is 2.29. The van der Waals surface area contributed by atoms with Gasteiger partial charge in [0.05, 0.1) is 20.8 Å². The number of halogens is 3. The number of rotatable bonds is 4. The van der Waals surface area contributed by atoms with Gasteiger partial charge >= 0.3 is 5.97 Å². The van der Waals surface area contributed by atoms with E-state index in [9.17, 15) is 14.7 Å². The summed E-state index contributed by atoms with van der Waals surface area (Å²) in [5, 5.41) is 10.8. The van der Waals surface area contributed by atoms with E-state index >= 15 is 0 Å². The predicted molar refractivity (Wildman–Crippen MR) is 93.5 cm³/mol. The summed E-state index contributed by atoms with van der Waals surface area (Å²) >= 11 is 6.01. The van der Waals surface area contributed by atoms with Crippen LogP contribution in [0.1, 0.15) is 23.7 Å². The molecular weight excluding hydrogens is 591 g/mol. The first-order valence-electron chi connectivity index (χ1n) is 5.14. The first-order chi connectivity index (χ1) is 8.79. The van der Waals surface area contributed by atoms with Crippen molar-refractivity contribution in [3.8, 4) is 0 Å². The zero-order valence-corrected chi connectivity index (χ0v) is 16.2. The van der Waals surface area contributed by atoms with Gasteiger partial charge in [0.1, 0.15) is 6.10 Å². The number of hydrogen-bond donors (Lipinski definition) is 1. The van der Waals surface area contributed by atoms with Gasteiger partial charge in [0.15, 0.2) is 0 Å². The third-order valence-corrected chi connectivity index (χ3v) is 5.16. The van der Waals surface area contributed by atoms with Crippen LogP contribution in [-0.2, 0) is 9.53 Å². The van der Waals surface area contributed by atoms with Crippen LogP contribution in [0.5, 0.6) is 0 Å². The third kappa shape index (κ3) is 4.06. The number of carbonyl (C=O) groups is 2. The number of esters is 1. The molecule has 1 unspecified atom stereocenters. The number of carboxylic acids is 1. The number of hydrogen-bond acceptors (Lipinski definition) is 5. The Morgan fingerprint density at radius 2 is 1.95 bits per heavy atom. The Bertz CT molecular complexity index is 533. The highest BCUT2D eigenvalue weighted by molar-refractivity contribution is 14.1. The number of nitrogen functional groups attached to an aromatic ring is 1. The average Bonchev–Trinajstić information content (AvgIpc) is 2.32. The molecule has 0 spiro atoms. The summed E-state index contributed by atoms with van der Waals surface area (Å²) < 4.78 is 6.99. The van der Waals surface area contributed by atoms with Gasteiger partial charge < -0.3 is 20.4 Å². The Hall–Kier alpha value is 0.150. The van der Waals surface area contributed by atoms with Gasteiger partial charge in [-0.1, -0.05) is 6.92 Å². The Labute approximate surface area is 151 Å². The molecule has 0 bridgehead atoms. The number of benzene rings is 1. The van der Waals surface area contributed by atoms with Crippen LogP contribution in [0.2, 0.25) is 0 Å². The lowest BCUT2D eigenvalue weighted by molar-refractivity contribution is -0.314. The second-order valence-corrected chi connectivity index (χ2v) is 6.97. The summed E-state index contributed by atoms with van der Waals surface area (Å²) in [6.45, 7) is 1.60. The minimum atomic E-state index is -1.40. The summed E-state index contributed by atoms with van der Waals surface area (Å²) in [6, 6.07) is 1.75. The molecule has 0 saturated heterocycles. The number of aliphatic carboxylic acids is 1. The van der Waals surface area contributed by atoms with E-state index in [4.69, 9.17) is 10.5 Å². The van der Waals surface area contributed by atoms with Crippen LogP contribution in [0.25, 0.3) is 0 Å². The molecule has 1 aromatic carbocycles. The van der Waals surface area contributed by atoms with Crippen LogP contribution in [0, 0.1) is 10.7 Å². The van der Waals surface area contributed by atoms with Crippen LogP contribution < -0.4 is 10.8 Å². The standard InChI is InChI=1S/C11H10I3NO4/c1-2-6(10(16)17)19-11(18)7-4(12)3-5(13)9(15)8(7)14/h3,6H,2,15H2,1H3,(H,16,17)/p-1. The van der Waals surface area contributed by atoms with Crippen LogP contribution in [-0.4, -0.2) is 18.0 Å². The van der Waals surface area contributed by atoms with Gasteiger partial charge in [-0.05, 0) is 80.3 Å². The van der Waals surface area contributed by atoms with Crippen molar-refractivity contribution in [1.29, 1.82) is 0 Å². The second kappa shape index (κ2) is 7.24. The van der Waals surface area contributed by atoms with Crippen LogP contribution in [0.4, 0.5) is 5.69 Å². The van der Waals surface area contributed by atoms with Gasteiger partial charge in [0, 0.05) is 7.14 Å². The van der Waals surface area contributed by atoms with Gasteiger partial charge in [-0.2, -0.15) is 0 Å². The highest BCUT2D eigenvalue weighted by Gasteiger charge is 2.22. The predicted octanol–water partition coefficient (Wildman–Crippen LogP) is 1.77. The minimum Gasteiger partial charge on any atom is -0.546 e. The van der Waals surface area contributed by atoms with Crippen LogP contribution in [0.3, 0.4) is 0 Å². The summed E-state index contributed by atoms with van der Waals surface area (Å²) in [6.07, 6.45) is -1.10. The van der Waals surface area contributed by atoms with Crippen molar-refractivity contribution in [1.82, 2.24) is 0 Å². The molecule has 0 heterocycles. The molecule has 1 atom stereocenters. The fraction of sp³-hybridized carbons (Fsp3) is 0.273. The van der Waals surface area contributed by atoms with E-state index in [1.165, 1.54) is 0 Å². The van der Waals surface area contributed by atoms with E-state index < -0.39 is 18.0 Å². The fourth-order valence-electron chi connectivity index (χ4n) is 1.28. The van der Waals surface area contributed by atoms with Crippen molar-refractivity contribution in [3.63, 3.8) is 0 Å². The van der Waals surface area contributed by atoms with Gasteiger partial charge in [-0.3, -0.25) is 0 Å². The van der Waals surface area contributed by atoms with E-state index in [0.29, 0.717) is 18.4 Å². The van der Waals surface area contributed by atoms with Gasteiger partial charge in [0.2, 0.25) is 0 Å². The fourth-order valence-corrected chi connectivity index (χ4v) is 5.09. The lowest BCUT2D eigenvalue weighted by atomic mass is 10.2. The maximum absolute atomic E-state index is 12.0. The number of carboxylic acid groups (broad SMARTS) is 1. The minimum absolute atomic E-state index is 0.154. The zero-order chi connectivity index (χ0) is 14.7. The first-order valence-corrected chi connectivity index (χ1v) is 8.38. The van der Waals surface area contributed by atoms with Crippen molar-refractivity contribution in [2.45, 2.75) is 19.4 Å². The first kappa shape index (κ1) is 17.2. The Balaban J connectivity index is 3.14. The molecule has 0 aliphatic carbocycles. The molecule has 0 amide bonds. The van der Waals surface area contributed by atoms with E-state index in [0.717, 1.165) is 3.57 Å². The molecule has 0 fully saturated rings. The van der Waals surface area contributed by atoms with Gasteiger partial charge in [0.25, 0.3) is 0 Å². The summed E-state index contributed by atoms with van der Waals surface area (Å²) in [5.41, 5.74) is 6.63. The van der Waals surface area contributed by atoms with Crippen molar-refractivity contribution in [2.75, 3.05) is 5.73 Å². The largest absolute Gasteiger partial charge is 0.546 e. The topological polar surface area (TPSA) is 92.5 Å². The quantitative estimate of drug-likeness (QED) is 0.324. The zero-order valence-electron chi connectivity index (χ0n) is 9.71. The SMILES string of the molecule is CCC(OC(=O)c1c(I)cc(I)c(N)c1I)C(=O)[O-]. The number of ether oxygens (including phenoxy) is 1. The molecule has 1 rings (SSSR count). The lowest BCUT2D eigenvalue weighted by Crippen LogP contribution is -2.38. The van der Waals surface area contributed by atoms with Gasteiger partial charge in [-0.15, -0.1) is 0 Å². The van der Waals surface area contributed by atoms with Crippen molar-refractivity contribution < 1.29 is 19.4 Å². The molecular formula is C11H9I3NO4-. The normalized spacial score (nSPS) is 12.0. The highest BCUT2D eigenvalue weighted by Crippen LogP contribution is 2.30. The number of nitrogens with two attached hydrogens (primary N) is 1. The number of carbonyl (C=O) groups excluding carboxylic acids is 2. The maximum Gasteiger partial charge on any atom is 0.341 e. The maximum atomic E-state index is 12.0. The summed E-state index contributed by atoms with van der Waals surface area (Å²) in [5.74, 6) is -2.10. The Morgan fingerprint density at radius 1 is 1.37 bits per heavy atom. The number of anilines is 1. The monoisotopic (exact) mass is 600 g/mol. The lowest BCUT2D eigenvalue weighted by Gasteiger charge is -2.18. The van der Waals surface area contributed by atoms with Crippen LogP contribution >= 0.6 is 67.8 Å². The van der Waals surface area contributed by atoms with Crippen molar-refractivity contribution in [2.24, 2.45) is 0 Å². The summed E-state index contributed by atoms with van der Waals surface area (Å²) in [7, 11) is 0. The average molecular weight is 600 g/mol. The smallest absolute Gasteiger partial charge is 0.341 e. The second-order valence-electron chi connectivity index (χ2n) is 3.56.